The Morgan fingerprint density at radius 1 is 0.632 bits per heavy atom. The molecule has 4 rings (SSSR count). The normalized spacial score (nSPS) is 14.2. The van der Waals surface area contributed by atoms with Crippen LogP contribution in [0.15, 0.2) is 54.6 Å². The monoisotopic (exact) mass is 516 g/mol. The Kier molecular flexibility index (Phi) is 8.88. The van der Waals surface area contributed by atoms with Crippen molar-refractivity contribution >= 4 is 5.69 Å². The van der Waals surface area contributed by atoms with Crippen molar-refractivity contribution in [3.63, 3.8) is 0 Å². The standard InChI is InChI=1S/C31H36N2O5/c1-22(32-15-17-33(18-16-32)26-9-7-8-10-27(26)34-2)25-21-31(38-6)30(37-5)20-24(25)13-11-23-12-14-28(35-3)29(19-23)36-4/h7-10,12,14,19-22H,15-18H2,1-6H3. The molecule has 3 aromatic rings. The van der Waals surface area contributed by atoms with E-state index in [1.807, 2.05) is 36.4 Å². The Hall–Kier alpha value is -4.02. The Bertz CT molecular complexity index is 1310. The van der Waals surface area contributed by atoms with Crippen LogP contribution in [0.4, 0.5) is 5.69 Å². The van der Waals surface area contributed by atoms with Gasteiger partial charge in [-0.2, -0.15) is 0 Å². The first-order chi connectivity index (χ1) is 18.5. The number of nitrogens with zero attached hydrogens (tertiary/aromatic N) is 2. The van der Waals surface area contributed by atoms with Crippen LogP contribution in [0.3, 0.4) is 0 Å². The van der Waals surface area contributed by atoms with E-state index < -0.39 is 0 Å². The average molecular weight is 517 g/mol. The van der Waals surface area contributed by atoms with Crippen LogP contribution in [0.2, 0.25) is 0 Å². The molecule has 3 aromatic carbocycles. The van der Waals surface area contributed by atoms with Crippen LogP contribution in [0.1, 0.15) is 29.7 Å². The quantitative estimate of drug-likeness (QED) is 0.390. The van der Waals surface area contributed by atoms with Gasteiger partial charge in [0.2, 0.25) is 0 Å². The summed E-state index contributed by atoms with van der Waals surface area (Å²) in [6.45, 7) is 5.86. The third kappa shape index (κ3) is 5.76. The Labute approximate surface area is 225 Å². The number of benzene rings is 3. The predicted octanol–water partition coefficient (Wildman–Crippen LogP) is 5.01. The van der Waals surface area contributed by atoms with Gasteiger partial charge >= 0.3 is 0 Å². The van der Waals surface area contributed by atoms with E-state index in [0.717, 1.165) is 54.3 Å². The molecule has 200 valence electrons. The van der Waals surface area contributed by atoms with Crippen molar-refractivity contribution in [1.82, 2.24) is 4.90 Å². The largest absolute Gasteiger partial charge is 0.495 e. The lowest BCUT2D eigenvalue weighted by Crippen LogP contribution is -2.47. The number of para-hydroxylation sites is 2. The molecule has 7 nitrogen and oxygen atoms in total. The molecule has 1 saturated heterocycles. The van der Waals surface area contributed by atoms with Crippen molar-refractivity contribution in [2.24, 2.45) is 0 Å². The molecule has 0 saturated carbocycles. The number of hydrogen-bond donors (Lipinski definition) is 0. The summed E-state index contributed by atoms with van der Waals surface area (Å²) in [6, 6.07) is 18.0. The molecule has 0 N–H and O–H groups in total. The third-order valence-corrected chi connectivity index (χ3v) is 7.02. The van der Waals surface area contributed by atoms with Gasteiger partial charge in [0, 0.05) is 43.3 Å². The van der Waals surface area contributed by atoms with Crippen molar-refractivity contribution < 1.29 is 23.7 Å². The zero-order valence-corrected chi connectivity index (χ0v) is 23.0. The van der Waals surface area contributed by atoms with E-state index in [1.54, 1.807) is 35.5 Å². The Morgan fingerprint density at radius 3 is 1.89 bits per heavy atom. The van der Waals surface area contributed by atoms with Gasteiger partial charge in [-0.05, 0) is 55.0 Å². The fourth-order valence-corrected chi connectivity index (χ4v) is 4.84. The highest BCUT2D eigenvalue weighted by Gasteiger charge is 2.26. The minimum atomic E-state index is 0.129. The van der Waals surface area contributed by atoms with Gasteiger partial charge in [0.25, 0.3) is 0 Å². The van der Waals surface area contributed by atoms with Crippen molar-refractivity contribution in [2.45, 2.75) is 13.0 Å². The summed E-state index contributed by atoms with van der Waals surface area (Å²) in [5, 5.41) is 0. The minimum Gasteiger partial charge on any atom is -0.495 e. The van der Waals surface area contributed by atoms with Crippen LogP contribution in [0.5, 0.6) is 28.7 Å². The zero-order chi connectivity index (χ0) is 27.1. The predicted molar refractivity (Wildman–Crippen MR) is 150 cm³/mol. The lowest BCUT2D eigenvalue weighted by Gasteiger charge is -2.40. The highest BCUT2D eigenvalue weighted by Crippen LogP contribution is 2.36. The van der Waals surface area contributed by atoms with E-state index in [2.05, 4.69) is 46.8 Å². The van der Waals surface area contributed by atoms with Gasteiger partial charge in [-0.3, -0.25) is 4.90 Å². The highest BCUT2D eigenvalue weighted by molar-refractivity contribution is 5.59. The molecule has 0 spiro atoms. The minimum absolute atomic E-state index is 0.129. The summed E-state index contributed by atoms with van der Waals surface area (Å²) < 4.78 is 27.6. The van der Waals surface area contributed by atoms with Gasteiger partial charge in [0.05, 0.1) is 41.2 Å². The molecular formula is C31H36N2O5. The number of rotatable bonds is 8. The number of hydrogen-bond acceptors (Lipinski definition) is 7. The molecule has 1 aliphatic rings. The van der Waals surface area contributed by atoms with Crippen LogP contribution < -0.4 is 28.6 Å². The maximum absolute atomic E-state index is 5.64. The topological polar surface area (TPSA) is 52.6 Å². The number of ether oxygens (including phenoxy) is 5. The molecule has 1 heterocycles. The first kappa shape index (κ1) is 27.0. The maximum atomic E-state index is 5.64. The molecule has 0 amide bonds. The summed E-state index contributed by atoms with van der Waals surface area (Å²) in [6.07, 6.45) is 0. The van der Waals surface area contributed by atoms with Crippen molar-refractivity contribution in [3.8, 4) is 40.6 Å². The van der Waals surface area contributed by atoms with E-state index >= 15 is 0 Å². The second kappa shape index (κ2) is 12.5. The van der Waals surface area contributed by atoms with Gasteiger partial charge in [-0.15, -0.1) is 0 Å². The lowest BCUT2D eigenvalue weighted by atomic mass is 9.98. The van der Waals surface area contributed by atoms with Gasteiger partial charge in [-0.1, -0.05) is 24.0 Å². The van der Waals surface area contributed by atoms with Crippen LogP contribution in [0.25, 0.3) is 0 Å². The van der Waals surface area contributed by atoms with E-state index in [0.29, 0.717) is 23.0 Å². The fourth-order valence-electron chi connectivity index (χ4n) is 4.84. The molecule has 0 radical (unpaired) electrons. The maximum Gasteiger partial charge on any atom is 0.161 e. The fraction of sp³-hybridized carbons (Fsp3) is 0.355. The molecule has 1 fully saturated rings. The van der Waals surface area contributed by atoms with Crippen LogP contribution in [-0.2, 0) is 0 Å². The number of anilines is 1. The molecule has 0 aromatic heterocycles. The van der Waals surface area contributed by atoms with Gasteiger partial charge in [0.1, 0.15) is 5.75 Å². The first-order valence-corrected chi connectivity index (χ1v) is 12.6. The molecular weight excluding hydrogens is 480 g/mol. The summed E-state index contributed by atoms with van der Waals surface area (Å²) in [5.41, 5.74) is 3.97. The van der Waals surface area contributed by atoms with Crippen molar-refractivity contribution in [1.29, 1.82) is 0 Å². The summed E-state index contributed by atoms with van der Waals surface area (Å²) in [5.74, 6) is 10.2. The van der Waals surface area contributed by atoms with Gasteiger partial charge in [-0.25, -0.2) is 0 Å². The highest BCUT2D eigenvalue weighted by atomic mass is 16.5. The van der Waals surface area contributed by atoms with E-state index in [4.69, 9.17) is 23.7 Å². The van der Waals surface area contributed by atoms with Crippen molar-refractivity contribution in [3.05, 3.63) is 71.3 Å². The second-order valence-electron chi connectivity index (χ2n) is 8.99. The molecule has 0 aliphatic carbocycles. The second-order valence-corrected chi connectivity index (χ2v) is 8.99. The molecule has 7 heteroatoms. The summed E-state index contributed by atoms with van der Waals surface area (Å²) in [7, 11) is 8.27. The average Bonchev–Trinajstić information content (AvgIpc) is 2.98. The summed E-state index contributed by atoms with van der Waals surface area (Å²) in [4.78, 5) is 4.86. The van der Waals surface area contributed by atoms with Crippen molar-refractivity contribution in [2.75, 3.05) is 66.6 Å². The number of methoxy groups -OCH3 is 5. The van der Waals surface area contributed by atoms with Gasteiger partial charge in [0.15, 0.2) is 23.0 Å². The lowest BCUT2D eigenvalue weighted by molar-refractivity contribution is 0.197. The smallest absolute Gasteiger partial charge is 0.161 e. The number of piperazine rings is 1. The molecule has 1 atom stereocenters. The molecule has 38 heavy (non-hydrogen) atoms. The van der Waals surface area contributed by atoms with Crippen LogP contribution in [-0.4, -0.2) is 66.6 Å². The van der Waals surface area contributed by atoms with Gasteiger partial charge < -0.3 is 28.6 Å². The van der Waals surface area contributed by atoms with E-state index in [9.17, 15) is 0 Å². The van der Waals surface area contributed by atoms with E-state index in [-0.39, 0.29) is 6.04 Å². The molecule has 0 bridgehead atoms. The molecule has 1 aliphatic heterocycles. The first-order valence-electron chi connectivity index (χ1n) is 12.6. The zero-order valence-electron chi connectivity index (χ0n) is 23.0. The SMILES string of the molecule is COc1ccc(C#Cc2cc(OC)c(OC)cc2C(C)N2CCN(c3ccccc3OC)CC2)cc1OC. The molecule has 1 unspecified atom stereocenters. The van der Waals surface area contributed by atoms with E-state index in [1.165, 1.54) is 0 Å². The summed E-state index contributed by atoms with van der Waals surface area (Å²) >= 11 is 0. The van der Waals surface area contributed by atoms with Crippen LogP contribution >= 0.6 is 0 Å². The Balaban J connectivity index is 1.61. The third-order valence-electron chi connectivity index (χ3n) is 7.02. The Morgan fingerprint density at radius 2 is 1.24 bits per heavy atom. The van der Waals surface area contributed by atoms with Crippen LogP contribution in [0, 0.1) is 11.8 Å².